The zero-order valence-electron chi connectivity index (χ0n) is 18.2. The van der Waals surface area contributed by atoms with Gasteiger partial charge in [0.25, 0.3) is 0 Å². The average molecular weight is 526 g/mol. The number of halogens is 6. The van der Waals surface area contributed by atoms with Crippen LogP contribution in [-0.4, -0.2) is 85.9 Å². The first-order valence-electron chi connectivity index (χ1n) is 10.2. The van der Waals surface area contributed by atoms with Crippen LogP contribution in [0.4, 0.5) is 26.3 Å². The molecule has 36 heavy (non-hydrogen) atoms. The first kappa shape index (κ1) is 25.8. The third kappa shape index (κ3) is 3.52. The minimum atomic E-state index is -5.21. The van der Waals surface area contributed by atoms with Crippen molar-refractivity contribution >= 4 is 17.9 Å². The van der Waals surface area contributed by atoms with Crippen molar-refractivity contribution in [3.8, 4) is 0 Å². The normalized spacial score (nSPS) is 32.1. The smallest absolute Gasteiger partial charge is 0.416 e. The Bertz CT molecular complexity index is 1120. The quantitative estimate of drug-likeness (QED) is 0.271. The zero-order chi connectivity index (χ0) is 27.0. The predicted octanol–water partition coefficient (Wildman–Crippen LogP) is 0.0898. The molecule has 0 radical (unpaired) electrons. The van der Waals surface area contributed by atoms with Gasteiger partial charge in [-0.1, -0.05) is 0 Å². The van der Waals surface area contributed by atoms with Crippen molar-refractivity contribution < 1.29 is 51.3 Å². The number of hydrogen-bond donors (Lipinski definition) is 5. The number of aliphatic imine (C=N–C) groups is 2. The highest BCUT2D eigenvalue weighted by molar-refractivity contribution is 5.91. The van der Waals surface area contributed by atoms with E-state index >= 15 is 0 Å². The Hall–Kier alpha value is -3.31. The monoisotopic (exact) mass is 526 g/mol. The van der Waals surface area contributed by atoms with Gasteiger partial charge in [-0.25, -0.2) is 14.8 Å². The van der Waals surface area contributed by atoms with Gasteiger partial charge in [-0.15, -0.1) is 0 Å². The molecular formula is C19H20F6N6O5. The first-order valence-corrected chi connectivity index (χ1v) is 10.2. The maximum absolute atomic E-state index is 13.2. The predicted molar refractivity (Wildman–Crippen MR) is 107 cm³/mol. The summed E-state index contributed by atoms with van der Waals surface area (Å²) in [7, 11) is 0. The van der Waals surface area contributed by atoms with Crippen molar-refractivity contribution in [2.75, 3.05) is 13.2 Å². The van der Waals surface area contributed by atoms with Crippen molar-refractivity contribution in [3.63, 3.8) is 0 Å². The number of nitrogens with two attached hydrogens (primary N) is 2. The number of hydrogen-bond acceptors (Lipinski definition) is 11. The van der Waals surface area contributed by atoms with Gasteiger partial charge in [0.05, 0.1) is 29.8 Å². The van der Waals surface area contributed by atoms with Gasteiger partial charge in [0.1, 0.15) is 17.7 Å². The fraction of sp³-hybridized carbons (Fsp3) is 0.526. The summed E-state index contributed by atoms with van der Waals surface area (Å²) in [5, 5.41) is 32.3. The maximum atomic E-state index is 13.2. The van der Waals surface area contributed by atoms with Crippen LogP contribution in [0.15, 0.2) is 28.2 Å². The van der Waals surface area contributed by atoms with Crippen LogP contribution < -0.4 is 11.5 Å². The van der Waals surface area contributed by atoms with Crippen LogP contribution in [0.1, 0.15) is 28.4 Å². The van der Waals surface area contributed by atoms with E-state index in [1.165, 1.54) is 0 Å². The Morgan fingerprint density at radius 1 is 1.11 bits per heavy atom. The summed E-state index contributed by atoms with van der Waals surface area (Å²) in [5.74, 6) is -2.45. The lowest BCUT2D eigenvalue weighted by atomic mass is 9.79. The molecule has 4 rings (SSSR count). The van der Waals surface area contributed by atoms with Crippen molar-refractivity contribution in [1.29, 1.82) is 0 Å². The molecule has 3 heterocycles. The van der Waals surface area contributed by atoms with Crippen LogP contribution >= 0.6 is 0 Å². The molecule has 1 spiro atoms. The average Bonchev–Trinajstić information content (AvgIpc) is 3.17. The van der Waals surface area contributed by atoms with Gasteiger partial charge in [-0.3, -0.25) is 5.21 Å². The molecule has 0 aliphatic carbocycles. The topological polar surface area (TPSA) is 170 Å². The first-order chi connectivity index (χ1) is 16.5. The fourth-order valence-corrected chi connectivity index (χ4v) is 4.86. The number of carbonyl (C=O) groups excluding carboxylic acids is 1. The largest absolute Gasteiger partial charge is 0.454 e. The Balaban J connectivity index is 1.73. The second kappa shape index (κ2) is 7.84. The minimum Gasteiger partial charge on any atom is -0.454 e. The third-order valence-corrected chi connectivity index (χ3v) is 6.55. The molecule has 0 amide bonds. The molecule has 0 bridgehead atoms. The SMILES string of the molecule is CC1(O)C(OC(=O)c2cc(C(F)(F)F)cc(C(F)(F)F)c2)CN2C(N)=NC(CO)C3N=C(N)N(O)C321. The molecule has 1 saturated heterocycles. The van der Waals surface area contributed by atoms with Crippen molar-refractivity contribution in [1.82, 2.24) is 9.96 Å². The molecule has 17 heteroatoms. The van der Waals surface area contributed by atoms with E-state index in [4.69, 9.17) is 16.2 Å². The van der Waals surface area contributed by atoms with E-state index in [0.717, 1.165) is 11.8 Å². The Morgan fingerprint density at radius 3 is 2.17 bits per heavy atom. The highest BCUT2D eigenvalue weighted by atomic mass is 19.4. The maximum Gasteiger partial charge on any atom is 0.416 e. The number of nitrogens with zero attached hydrogens (tertiary/aromatic N) is 4. The number of hydroxylamine groups is 2. The summed E-state index contributed by atoms with van der Waals surface area (Å²) in [6, 6.07) is -2.13. The van der Waals surface area contributed by atoms with E-state index in [2.05, 4.69) is 9.98 Å². The van der Waals surface area contributed by atoms with Gasteiger partial charge < -0.3 is 31.3 Å². The number of guanidine groups is 2. The van der Waals surface area contributed by atoms with Crippen LogP contribution in [0.3, 0.4) is 0 Å². The number of rotatable bonds is 3. The molecule has 11 nitrogen and oxygen atoms in total. The van der Waals surface area contributed by atoms with Crippen LogP contribution in [0.2, 0.25) is 0 Å². The summed E-state index contributed by atoms with van der Waals surface area (Å²) in [5.41, 5.74) is 2.70. The number of alkyl halides is 6. The summed E-state index contributed by atoms with van der Waals surface area (Å²) < 4.78 is 84.4. The van der Waals surface area contributed by atoms with Gasteiger partial charge in [-0.2, -0.15) is 31.4 Å². The van der Waals surface area contributed by atoms with Gasteiger partial charge in [-0.05, 0) is 25.1 Å². The standard InChI is InChI=1S/C19H20F6N6O5/c1-16(34)11(5-30-14(26)28-10(6-32)12-17(16,30)31(35)15(27)29-12)36-13(33)7-2-8(18(20,21)22)4-9(3-7)19(23,24)25/h2-4,10-12,32,34-35H,5-6H2,1H3,(H2,26,28)(H2,27,29). The lowest BCUT2D eigenvalue weighted by molar-refractivity contribution is -0.228. The molecule has 5 atom stereocenters. The number of esters is 1. The Kier molecular flexibility index (Phi) is 5.62. The van der Waals surface area contributed by atoms with Crippen molar-refractivity contribution in [2.24, 2.45) is 21.5 Å². The fourth-order valence-electron chi connectivity index (χ4n) is 4.86. The number of aliphatic hydroxyl groups excluding tert-OH is 1. The Labute approximate surface area is 198 Å². The van der Waals surface area contributed by atoms with E-state index in [0.29, 0.717) is 5.06 Å². The number of aliphatic hydroxyl groups is 2. The Morgan fingerprint density at radius 2 is 1.67 bits per heavy atom. The lowest BCUT2D eigenvalue weighted by Gasteiger charge is -2.51. The molecular weight excluding hydrogens is 506 g/mol. The molecule has 0 aromatic heterocycles. The highest BCUT2D eigenvalue weighted by Crippen LogP contribution is 2.50. The van der Waals surface area contributed by atoms with Crippen LogP contribution in [-0.2, 0) is 17.1 Å². The zero-order valence-corrected chi connectivity index (χ0v) is 18.2. The van der Waals surface area contributed by atoms with Crippen LogP contribution in [0.25, 0.3) is 0 Å². The molecule has 1 aromatic carbocycles. The van der Waals surface area contributed by atoms with E-state index < -0.39 is 83.6 Å². The van der Waals surface area contributed by atoms with Crippen LogP contribution in [0, 0.1) is 0 Å². The third-order valence-electron chi connectivity index (χ3n) is 6.55. The second-order valence-electron chi connectivity index (χ2n) is 8.65. The molecule has 5 unspecified atom stereocenters. The summed E-state index contributed by atoms with van der Waals surface area (Å²) in [4.78, 5) is 21.9. The van der Waals surface area contributed by atoms with E-state index in [-0.39, 0.29) is 24.2 Å². The number of carbonyl (C=O) groups is 1. The minimum absolute atomic E-state index is 0.152. The summed E-state index contributed by atoms with van der Waals surface area (Å²) >= 11 is 0. The van der Waals surface area contributed by atoms with E-state index in [9.17, 15) is 46.6 Å². The van der Waals surface area contributed by atoms with Crippen molar-refractivity contribution in [3.05, 3.63) is 34.9 Å². The molecule has 3 aliphatic heterocycles. The lowest BCUT2D eigenvalue weighted by Crippen LogP contribution is -2.76. The molecule has 7 N–H and O–H groups in total. The molecule has 1 aromatic rings. The number of benzene rings is 1. The highest BCUT2D eigenvalue weighted by Gasteiger charge is 2.75. The van der Waals surface area contributed by atoms with Crippen molar-refractivity contribution in [2.45, 2.75) is 48.7 Å². The van der Waals surface area contributed by atoms with Gasteiger partial charge in [0.2, 0.25) is 11.6 Å². The number of ether oxygens (including phenoxy) is 1. The van der Waals surface area contributed by atoms with E-state index in [1.807, 2.05) is 0 Å². The van der Waals surface area contributed by atoms with Gasteiger partial charge >= 0.3 is 18.3 Å². The van der Waals surface area contributed by atoms with E-state index in [1.54, 1.807) is 0 Å². The molecule has 3 aliphatic rings. The van der Waals surface area contributed by atoms with Gasteiger partial charge in [0, 0.05) is 0 Å². The van der Waals surface area contributed by atoms with Crippen LogP contribution in [0.5, 0.6) is 0 Å². The molecule has 198 valence electrons. The van der Waals surface area contributed by atoms with Gasteiger partial charge in [0.15, 0.2) is 12.1 Å². The summed E-state index contributed by atoms with van der Waals surface area (Å²) in [6.07, 6.45) is -12.1. The second-order valence-corrected chi connectivity index (χ2v) is 8.65. The summed E-state index contributed by atoms with van der Waals surface area (Å²) in [6.45, 7) is -0.0696. The molecule has 1 fully saturated rings. The molecule has 0 saturated carbocycles.